The number of aliphatic hydroxyl groups is 1. The molecule has 0 saturated carbocycles. The van der Waals surface area contributed by atoms with Crippen LogP contribution in [0.2, 0.25) is 0 Å². The predicted molar refractivity (Wildman–Crippen MR) is 92.9 cm³/mol. The molecule has 2 aromatic carbocycles. The van der Waals surface area contributed by atoms with Crippen molar-refractivity contribution in [3.05, 3.63) is 66.2 Å². The Hall–Kier alpha value is -1.65. The molecule has 0 fully saturated rings. The van der Waals surface area contributed by atoms with Crippen LogP contribution in [0.4, 0.5) is 0 Å². The molecule has 3 nitrogen and oxygen atoms in total. The molecule has 0 heterocycles. The molecule has 0 amide bonds. The second-order valence-corrected chi connectivity index (χ2v) is 9.18. The monoisotopic (exact) mass is 332 g/mol. The minimum atomic E-state index is -3.63. The molecule has 1 N–H and O–H groups in total. The van der Waals surface area contributed by atoms with E-state index in [1.54, 1.807) is 42.5 Å². The molecule has 0 saturated heterocycles. The summed E-state index contributed by atoms with van der Waals surface area (Å²) in [5.41, 5.74) is 0.406. The molecular weight excluding hydrogens is 308 g/mol. The molecule has 0 aliphatic rings. The molecule has 124 valence electrons. The van der Waals surface area contributed by atoms with Crippen LogP contribution in [0.3, 0.4) is 0 Å². The van der Waals surface area contributed by atoms with Gasteiger partial charge in [-0.05, 0) is 29.5 Å². The van der Waals surface area contributed by atoms with Crippen LogP contribution >= 0.6 is 0 Å². The van der Waals surface area contributed by atoms with Crippen molar-refractivity contribution in [2.45, 2.75) is 43.4 Å². The molecule has 2 atom stereocenters. The molecule has 2 rings (SSSR count). The highest BCUT2D eigenvalue weighted by Crippen LogP contribution is 2.35. The fraction of sp³-hybridized carbons (Fsp3) is 0.368. The third kappa shape index (κ3) is 4.43. The molecular formula is C19H24O3S. The summed E-state index contributed by atoms with van der Waals surface area (Å²) >= 11 is 0. The van der Waals surface area contributed by atoms with Gasteiger partial charge >= 0.3 is 0 Å². The second-order valence-electron chi connectivity index (χ2n) is 7.02. The van der Waals surface area contributed by atoms with Gasteiger partial charge in [-0.3, -0.25) is 0 Å². The van der Waals surface area contributed by atoms with E-state index in [0.717, 1.165) is 0 Å². The zero-order valence-electron chi connectivity index (χ0n) is 13.8. The van der Waals surface area contributed by atoms with Crippen molar-refractivity contribution < 1.29 is 13.5 Å². The molecule has 0 radical (unpaired) electrons. The van der Waals surface area contributed by atoms with E-state index in [1.165, 1.54) is 0 Å². The zero-order valence-corrected chi connectivity index (χ0v) is 14.6. The highest BCUT2D eigenvalue weighted by atomic mass is 32.2. The predicted octanol–water partition coefficient (Wildman–Crippen LogP) is 4.00. The lowest BCUT2D eigenvalue weighted by molar-refractivity contribution is 0.150. The molecule has 0 unspecified atom stereocenters. The average molecular weight is 332 g/mol. The lowest BCUT2D eigenvalue weighted by Gasteiger charge is -2.29. The number of benzene rings is 2. The Morgan fingerprint density at radius 2 is 1.39 bits per heavy atom. The number of aliphatic hydroxyl groups excluding tert-OH is 1. The summed E-state index contributed by atoms with van der Waals surface area (Å²) in [6.45, 7) is 5.95. The van der Waals surface area contributed by atoms with Crippen molar-refractivity contribution in [2.75, 3.05) is 0 Å². The summed E-state index contributed by atoms with van der Waals surface area (Å²) in [6.07, 6.45) is -0.680. The molecule has 23 heavy (non-hydrogen) atoms. The van der Waals surface area contributed by atoms with Gasteiger partial charge in [-0.1, -0.05) is 69.3 Å². The van der Waals surface area contributed by atoms with E-state index in [2.05, 4.69) is 0 Å². The lowest BCUT2D eigenvalue weighted by atomic mass is 9.87. The van der Waals surface area contributed by atoms with Crippen molar-refractivity contribution >= 4 is 9.84 Å². The van der Waals surface area contributed by atoms with Crippen LogP contribution in [0.25, 0.3) is 0 Å². The van der Waals surface area contributed by atoms with Gasteiger partial charge in [-0.2, -0.15) is 0 Å². The average Bonchev–Trinajstić information content (AvgIpc) is 2.53. The first-order chi connectivity index (χ1) is 10.7. The van der Waals surface area contributed by atoms with Crippen LogP contribution in [-0.2, 0) is 9.84 Å². The van der Waals surface area contributed by atoms with E-state index >= 15 is 0 Å². The highest BCUT2D eigenvalue weighted by molar-refractivity contribution is 7.92. The fourth-order valence-electron chi connectivity index (χ4n) is 2.64. The summed E-state index contributed by atoms with van der Waals surface area (Å²) in [6, 6.07) is 17.4. The summed E-state index contributed by atoms with van der Waals surface area (Å²) in [4.78, 5) is 0.254. The van der Waals surface area contributed by atoms with Crippen molar-refractivity contribution in [2.24, 2.45) is 5.41 Å². The SMILES string of the molecule is CC(C)(C)C[C@@H]([C@@H](O)c1ccccc1)S(=O)(=O)c1ccccc1. The minimum absolute atomic E-state index is 0.220. The van der Waals surface area contributed by atoms with Crippen LogP contribution < -0.4 is 0 Å². The van der Waals surface area contributed by atoms with Crippen LogP contribution in [0.15, 0.2) is 65.6 Å². The van der Waals surface area contributed by atoms with Gasteiger partial charge in [0.2, 0.25) is 0 Å². The van der Waals surface area contributed by atoms with E-state index in [0.29, 0.717) is 12.0 Å². The number of hydrogen-bond donors (Lipinski definition) is 1. The number of rotatable bonds is 5. The maximum absolute atomic E-state index is 13.1. The van der Waals surface area contributed by atoms with E-state index in [4.69, 9.17) is 0 Å². The van der Waals surface area contributed by atoms with Crippen molar-refractivity contribution in [3.63, 3.8) is 0 Å². The van der Waals surface area contributed by atoms with E-state index in [-0.39, 0.29) is 10.3 Å². The standard InChI is InChI=1S/C19H24O3S/c1-19(2,3)14-17(18(20)15-10-6-4-7-11-15)23(21,22)16-12-8-5-9-13-16/h4-13,17-18,20H,14H2,1-3H3/t17-,18-/m0/s1. The maximum Gasteiger partial charge on any atom is 0.184 e. The Morgan fingerprint density at radius 3 is 1.87 bits per heavy atom. The quantitative estimate of drug-likeness (QED) is 0.900. The van der Waals surface area contributed by atoms with Gasteiger partial charge in [0.15, 0.2) is 9.84 Å². The first kappa shape index (κ1) is 17.7. The van der Waals surface area contributed by atoms with Crippen molar-refractivity contribution in [1.82, 2.24) is 0 Å². The normalized spacial score (nSPS) is 15.1. The van der Waals surface area contributed by atoms with Gasteiger partial charge in [0, 0.05) is 0 Å². The van der Waals surface area contributed by atoms with Crippen LogP contribution in [0, 0.1) is 5.41 Å². The third-order valence-electron chi connectivity index (χ3n) is 3.78. The van der Waals surface area contributed by atoms with Crippen LogP contribution in [0.1, 0.15) is 38.9 Å². The van der Waals surface area contributed by atoms with Gasteiger partial charge < -0.3 is 5.11 Å². The van der Waals surface area contributed by atoms with E-state index < -0.39 is 21.2 Å². The number of sulfone groups is 1. The van der Waals surface area contributed by atoms with E-state index in [1.807, 2.05) is 39.0 Å². The first-order valence-corrected chi connectivity index (χ1v) is 9.28. The summed E-state index contributed by atoms with van der Waals surface area (Å²) in [5.74, 6) is 0. The second kappa shape index (κ2) is 6.85. The van der Waals surface area contributed by atoms with Crippen LogP contribution in [-0.4, -0.2) is 18.8 Å². The first-order valence-electron chi connectivity index (χ1n) is 7.74. The Morgan fingerprint density at radius 1 is 0.913 bits per heavy atom. The molecule has 2 aromatic rings. The summed E-state index contributed by atoms with van der Waals surface area (Å²) in [5, 5.41) is 9.88. The van der Waals surface area contributed by atoms with E-state index in [9.17, 15) is 13.5 Å². The molecule has 4 heteroatoms. The van der Waals surface area contributed by atoms with Gasteiger partial charge in [0.1, 0.15) is 0 Å². The van der Waals surface area contributed by atoms with Gasteiger partial charge in [-0.25, -0.2) is 8.42 Å². The third-order valence-corrected chi connectivity index (χ3v) is 5.93. The minimum Gasteiger partial charge on any atom is -0.387 e. The Balaban J connectivity index is 2.46. The molecule has 0 bridgehead atoms. The van der Waals surface area contributed by atoms with Gasteiger partial charge in [0.05, 0.1) is 16.2 Å². The Kier molecular flexibility index (Phi) is 5.27. The smallest absolute Gasteiger partial charge is 0.184 e. The number of hydrogen-bond acceptors (Lipinski definition) is 3. The van der Waals surface area contributed by atoms with Crippen molar-refractivity contribution in [1.29, 1.82) is 0 Å². The largest absolute Gasteiger partial charge is 0.387 e. The van der Waals surface area contributed by atoms with Gasteiger partial charge in [0.25, 0.3) is 0 Å². The zero-order chi connectivity index (χ0) is 17.1. The molecule has 0 aliphatic carbocycles. The molecule has 0 aromatic heterocycles. The Bertz CT molecular complexity index is 716. The maximum atomic E-state index is 13.1. The highest BCUT2D eigenvalue weighted by Gasteiger charge is 2.37. The lowest BCUT2D eigenvalue weighted by Crippen LogP contribution is -2.32. The van der Waals surface area contributed by atoms with Crippen molar-refractivity contribution in [3.8, 4) is 0 Å². The molecule has 0 spiro atoms. The summed E-state index contributed by atoms with van der Waals surface area (Å²) < 4.78 is 26.1. The van der Waals surface area contributed by atoms with Gasteiger partial charge in [-0.15, -0.1) is 0 Å². The Labute approximate surface area is 138 Å². The molecule has 0 aliphatic heterocycles. The fourth-order valence-corrected chi connectivity index (χ4v) is 4.75. The summed E-state index contributed by atoms with van der Waals surface area (Å²) in [7, 11) is -3.63. The topological polar surface area (TPSA) is 54.4 Å². The van der Waals surface area contributed by atoms with Crippen LogP contribution in [0.5, 0.6) is 0 Å².